The average Bonchev–Trinajstić information content (AvgIpc) is 3.34. The van der Waals surface area contributed by atoms with E-state index in [9.17, 15) is 9.59 Å². The Bertz CT molecular complexity index is 1310. The van der Waals surface area contributed by atoms with Crippen LogP contribution in [-0.4, -0.2) is 22.6 Å². The van der Waals surface area contributed by atoms with Gasteiger partial charge >= 0.3 is 5.97 Å². The number of furan rings is 1. The third-order valence-corrected chi connectivity index (χ3v) is 6.09. The van der Waals surface area contributed by atoms with E-state index in [-0.39, 0.29) is 17.9 Å². The summed E-state index contributed by atoms with van der Waals surface area (Å²) in [5, 5.41) is 3.24. The Balaban J connectivity index is 1.81. The molecule has 9 heteroatoms. The third kappa shape index (κ3) is 3.57. The number of aromatic nitrogens is 2. The number of methoxy groups -OCH3 is 1. The molecule has 0 N–H and O–H groups in total. The van der Waals surface area contributed by atoms with Gasteiger partial charge in [-0.1, -0.05) is 29.3 Å². The highest BCUT2D eigenvalue weighted by Gasteiger charge is 2.18. The van der Waals surface area contributed by atoms with Crippen molar-refractivity contribution in [1.29, 1.82) is 0 Å². The highest BCUT2D eigenvalue weighted by molar-refractivity contribution is 7.17. The molecule has 148 valence electrons. The molecule has 0 aliphatic heterocycles. The van der Waals surface area contributed by atoms with Gasteiger partial charge in [0.2, 0.25) is 5.76 Å². The van der Waals surface area contributed by atoms with Gasteiger partial charge in [-0.3, -0.25) is 9.36 Å². The second kappa shape index (κ2) is 7.67. The molecule has 3 aromatic heterocycles. The molecular formula is C20H14Cl2N2O4S. The van der Waals surface area contributed by atoms with Crippen molar-refractivity contribution >= 4 is 50.7 Å². The largest absolute Gasteiger partial charge is 0.463 e. The van der Waals surface area contributed by atoms with Gasteiger partial charge in [0.1, 0.15) is 16.4 Å². The van der Waals surface area contributed by atoms with Crippen LogP contribution < -0.4 is 5.56 Å². The minimum atomic E-state index is -0.575. The second-order valence-corrected chi connectivity index (χ2v) is 7.94. The Morgan fingerprint density at radius 2 is 2.03 bits per heavy atom. The van der Waals surface area contributed by atoms with E-state index in [1.165, 1.54) is 29.1 Å². The van der Waals surface area contributed by atoms with E-state index in [0.29, 0.717) is 31.8 Å². The van der Waals surface area contributed by atoms with Crippen molar-refractivity contribution in [2.24, 2.45) is 0 Å². The van der Waals surface area contributed by atoms with Gasteiger partial charge < -0.3 is 9.15 Å². The summed E-state index contributed by atoms with van der Waals surface area (Å²) in [6, 6.07) is 8.38. The van der Waals surface area contributed by atoms with Crippen molar-refractivity contribution in [1.82, 2.24) is 9.55 Å². The highest BCUT2D eigenvalue weighted by atomic mass is 35.5. The van der Waals surface area contributed by atoms with Crippen molar-refractivity contribution in [3.05, 3.63) is 73.5 Å². The summed E-state index contributed by atoms with van der Waals surface area (Å²) in [6.07, 6.45) is 0. The Morgan fingerprint density at radius 1 is 1.24 bits per heavy atom. The Kier molecular flexibility index (Phi) is 5.21. The van der Waals surface area contributed by atoms with Gasteiger partial charge in [-0.15, -0.1) is 11.3 Å². The van der Waals surface area contributed by atoms with Crippen molar-refractivity contribution in [2.75, 3.05) is 7.11 Å². The molecule has 6 nitrogen and oxygen atoms in total. The molecule has 0 aliphatic carbocycles. The first-order valence-electron chi connectivity index (χ1n) is 8.50. The number of rotatable bonds is 4. The lowest BCUT2D eigenvalue weighted by Gasteiger charge is -2.09. The zero-order valence-corrected chi connectivity index (χ0v) is 17.7. The maximum atomic E-state index is 13.3. The number of thiophene rings is 1. The maximum Gasteiger partial charge on any atom is 0.373 e. The van der Waals surface area contributed by atoms with E-state index in [4.69, 9.17) is 27.6 Å². The van der Waals surface area contributed by atoms with Gasteiger partial charge in [0, 0.05) is 10.9 Å². The van der Waals surface area contributed by atoms with Crippen LogP contribution in [-0.2, 0) is 11.3 Å². The Morgan fingerprint density at radius 3 is 2.76 bits per heavy atom. The number of hydrogen-bond acceptors (Lipinski definition) is 6. The van der Waals surface area contributed by atoms with Crippen LogP contribution in [0.5, 0.6) is 0 Å². The third-order valence-electron chi connectivity index (χ3n) is 4.48. The molecule has 0 amide bonds. The quantitative estimate of drug-likeness (QED) is 0.402. The topological polar surface area (TPSA) is 74.3 Å². The first kappa shape index (κ1) is 19.7. The van der Waals surface area contributed by atoms with Gasteiger partial charge in [-0.25, -0.2) is 9.78 Å². The number of fused-ring (bicyclic) bond motifs is 1. The van der Waals surface area contributed by atoms with Crippen molar-refractivity contribution in [3.63, 3.8) is 0 Å². The number of carbonyl (C=O) groups excluding carboxylic acids is 1. The van der Waals surface area contributed by atoms with Crippen LogP contribution in [0.15, 0.2) is 44.9 Å². The van der Waals surface area contributed by atoms with E-state index in [2.05, 4.69) is 9.72 Å². The molecule has 0 fully saturated rings. The summed E-state index contributed by atoms with van der Waals surface area (Å²) < 4.78 is 11.7. The van der Waals surface area contributed by atoms with Crippen LogP contribution in [0.1, 0.15) is 22.1 Å². The number of nitrogens with zero attached hydrogens (tertiary/aromatic N) is 2. The number of halogens is 2. The molecule has 0 atom stereocenters. The van der Waals surface area contributed by atoms with E-state index < -0.39 is 5.97 Å². The van der Waals surface area contributed by atoms with Crippen LogP contribution >= 0.6 is 34.5 Å². The minimum absolute atomic E-state index is 0.0780. The van der Waals surface area contributed by atoms with Crippen molar-refractivity contribution in [2.45, 2.75) is 13.5 Å². The molecule has 0 saturated carbocycles. The summed E-state index contributed by atoms with van der Waals surface area (Å²) in [5.41, 5.74) is 1.32. The normalized spacial score (nSPS) is 11.2. The molecular weight excluding hydrogens is 435 g/mol. The first-order chi connectivity index (χ1) is 13.9. The molecule has 0 unspecified atom stereocenters. The van der Waals surface area contributed by atoms with Gasteiger partial charge in [-0.2, -0.15) is 0 Å². The lowest BCUT2D eigenvalue weighted by Crippen LogP contribution is -2.24. The molecule has 4 aromatic rings. The molecule has 0 spiro atoms. The number of aryl methyl sites for hydroxylation is 1. The molecule has 1 aromatic carbocycles. The van der Waals surface area contributed by atoms with Crippen molar-refractivity contribution in [3.8, 4) is 11.1 Å². The van der Waals surface area contributed by atoms with E-state index >= 15 is 0 Å². The first-order valence-corrected chi connectivity index (χ1v) is 10.1. The summed E-state index contributed by atoms with van der Waals surface area (Å²) in [6.45, 7) is 1.89. The number of benzene rings is 1. The molecule has 3 heterocycles. The molecule has 0 aliphatic rings. The maximum absolute atomic E-state index is 13.3. The van der Waals surface area contributed by atoms with E-state index in [1.54, 1.807) is 25.1 Å². The monoisotopic (exact) mass is 448 g/mol. The van der Waals surface area contributed by atoms with Crippen LogP contribution in [0.4, 0.5) is 0 Å². The van der Waals surface area contributed by atoms with Crippen LogP contribution in [0.2, 0.25) is 10.0 Å². The number of esters is 1. The Hall–Kier alpha value is -2.61. The van der Waals surface area contributed by atoms with Gasteiger partial charge in [-0.05, 0) is 36.8 Å². The molecule has 0 radical (unpaired) electrons. The zero-order valence-electron chi connectivity index (χ0n) is 15.4. The van der Waals surface area contributed by atoms with E-state index in [0.717, 1.165) is 11.1 Å². The predicted molar refractivity (Wildman–Crippen MR) is 113 cm³/mol. The fourth-order valence-corrected chi connectivity index (χ4v) is 4.30. The van der Waals surface area contributed by atoms with Gasteiger partial charge in [0.15, 0.2) is 0 Å². The zero-order chi connectivity index (χ0) is 20.7. The second-order valence-electron chi connectivity index (χ2n) is 6.27. The van der Waals surface area contributed by atoms with Gasteiger partial charge in [0.05, 0.1) is 29.1 Å². The number of ether oxygens (including phenoxy) is 1. The van der Waals surface area contributed by atoms with Crippen LogP contribution in [0.25, 0.3) is 21.3 Å². The average molecular weight is 449 g/mol. The smallest absolute Gasteiger partial charge is 0.373 e. The number of hydrogen-bond donors (Lipinski definition) is 0. The highest BCUT2D eigenvalue weighted by Crippen LogP contribution is 2.34. The van der Waals surface area contributed by atoms with Crippen molar-refractivity contribution < 1.29 is 13.9 Å². The predicted octanol–water partition coefficient (Wildman–Crippen LogP) is 5.17. The lowest BCUT2D eigenvalue weighted by molar-refractivity contribution is 0.0563. The van der Waals surface area contributed by atoms with Crippen LogP contribution in [0, 0.1) is 6.92 Å². The standard InChI is InChI=1S/C20H14Cl2N2O4S/c1-10-23-18-17(13(9-29-18)11-3-5-14(21)15(22)7-11)19(25)24(10)8-12-4-6-16(28-12)20(26)27-2/h3-7,9H,8H2,1-2H3. The molecule has 4 rings (SSSR count). The summed E-state index contributed by atoms with van der Waals surface area (Å²) >= 11 is 13.5. The Labute approximate surface area is 179 Å². The lowest BCUT2D eigenvalue weighted by atomic mass is 10.1. The van der Waals surface area contributed by atoms with Crippen LogP contribution in [0.3, 0.4) is 0 Å². The molecule has 0 bridgehead atoms. The summed E-state index contributed by atoms with van der Waals surface area (Å²) in [5.74, 6) is 0.493. The SMILES string of the molecule is COC(=O)c1ccc(Cn2c(C)nc3scc(-c4ccc(Cl)c(Cl)c4)c3c2=O)o1. The van der Waals surface area contributed by atoms with E-state index in [1.807, 2.05) is 11.4 Å². The summed E-state index contributed by atoms with van der Waals surface area (Å²) in [7, 11) is 1.28. The fraction of sp³-hybridized carbons (Fsp3) is 0.150. The summed E-state index contributed by atoms with van der Waals surface area (Å²) in [4.78, 5) is 30.1. The minimum Gasteiger partial charge on any atom is -0.463 e. The van der Waals surface area contributed by atoms with Gasteiger partial charge in [0.25, 0.3) is 5.56 Å². The number of carbonyl (C=O) groups is 1. The molecule has 0 saturated heterocycles. The molecule has 29 heavy (non-hydrogen) atoms. The fourth-order valence-electron chi connectivity index (χ4n) is 3.02.